The highest BCUT2D eigenvalue weighted by molar-refractivity contribution is 7.89. The zero-order valence-corrected chi connectivity index (χ0v) is 14.2. The number of hydrogen-bond acceptors (Lipinski definition) is 3. The number of alkyl halides is 1. The second kappa shape index (κ2) is 6.35. The quantitative estimate of drug-likeness (QED) is 0.804. The molecule has 2 rings (SSSR count). The van der Waals surface area contributed by atoms with Crippen molar-refractivity contribution in [2.45, 2.75) is 30.5 Å². The molecule has 1 heterocycles. The highest BCUT2D eigenvalue weighted by Crippen LogP contribution is 2.31. The van der Waals surface area contributed by atoms with Crippen LogP contribution >= 0.6 is 11.6 Å². The molecule has 1 atom stereocenters. The lowest BCUT2D eigenvalue weighted by Crippen LogP contribution is -2.12. The lowest BCUT2D eigenvalue weighted by atomic mass is 10.2. The molecule has 6 nitrogen and oxygen atoms in total. The highest BCUT2D eigenvalue weighted by atomic mass is 35.5. The SMILES string of the molecule is CCC(Cl)c1cc(C(=O)O)c(C)n1-c1ccc(S(N)(=O)=O)cc1. The number of nitrogens with two attached hydrogens (primary N) is 1. The van der Waals surface area contributed by atoms with Gasteiger partial charge in [0.15, 0.2) is 0 Å². The molecule has 0 aliphatic heterocycles. The largest absolute Gasteiger partial charge is 0.478 e. The van der Waals surface area contributed by atoms with Gasteiger partial charge >= 0.3 is 5.97 Å². The summed E-state index contributed by atoms with van der Waals surface area (Å²) in [6.07, 6.45) is 0.624. The maximum absolute atomic E-state index is 11.4. The number of carbonyl (C=O) groups is 1. The summed E-state index contributed by atoms with van der Waals surface area (Å²) in [5, 5.41) is 14.0. The predicted octanol–water partition coefficient (Wildman–Crippen LogP) is 2.82. The van der Waals surface area contributed by atoms with Gasteiger partial charge in [0, 0.05) is 17.1 Å². The Morgan fingerprint density at radius 3 is 2.35 bits per heavy atom. The zero-order chi connectivity index (χ0) is 17.4. The molecule has 0 saturated heterocycles. The fraction of sp³-hybridized carbons (Fsp3) is 0.267. The zero-order valence-electron chi connectivity index (χ0n) is 12.7. The third-order valence-corrected chi connectivity index (χ3v) is 5.07. The summed E-state index contributed by atoms with van der Waals surface area (Å²) in [5.74, 6) is -1.04. The van der Waals surface area contributed by atoms with Crippen LogP contribution in [0.5, 0.6) is 0 Å². The van der Waals surface area contributed by atoms with E-state index in [1.165, 1.54) is 12.1 Å². The number of primary sulfonamides is 1. The number of benzene rings is 1. The topological polar surface area (TPSA) is 102 Å². The third-order valence-electron chi connectivity index (χ3n) is 3.61. The normalized spacial score (nSPS) is 13.0. The van der Waals surface area contributed by atoms with Gasteiger partial charge in [-0.15, -0.1) is 11.6 Å². The summed E-state index contributed by atoms with van der Waals surface area (Å²) in [6.45, 7) is 3.58. The molecule has 124 valence electrons. The molecule has 1 aromatic heterocycles. The van der Waals surface area contributed by atoms with Crippen LogP contribution in [0.2, 0.25) is 0 Å². The number of nitrogens with zero attached hydrogens (tertiary/aromatic N) is 1. The van der Waals surface area contributed by atoms with Gasteiger partial charge in [0.1, 0.15) is 0 Å². The van der Waals surface area contributed by atoms with Crippen molar-refractivity contribution in [2.75, 3.05) is 0 Å². The minimum Gasteiger partial charge on any atom is -0.478 e. The first-order valence-corrected chi connectivity index (χ1v) is 8.88. The van der Waals surface area contributed by atoms with Crippen molar-refractivity contribution in [3.8, 4) is 5.69 Å². The van der Waals surface area contributed by atoms with E-state index in [9.17, 15) is 18.3 Å². The van der Waals surface area contributed by atoms with Crippen molar-refractivity contribution in [1.82, 2.24) is 4.57 Å². The number of hydrogen-bond donors (Lipinski definition) is 2. The molecule has 0 saturated carbocycles. The Labute approximate surface area is 139 Å². The van der Waals surface area contributed by atoms with Gasteiger partial charge in [-0.05, 0) is 43.7 Å². The van der Waals surface area contributed by atoms with Gasteiger partial charge in [-0.1, -0.05) is 6.92 Å². The van der Waals surface area contributed by atoms with E-state index in [0.717, 1.165) is 0 Å². The Morgan fingerprint density at radius 2 is 1.91 bits per heavy atom. The molecule has 8 heteroatoms. The van der Waals surface area contributed by atoms with E-state index in [1.54, 1.807) is 29.7 Å². The number of rotatable bonds is 5. The van der Waals surface area contributed by atoms with Gasteiger partial charge < -0.3 is 9.67 Å². The Kier molecular flexibility index (Phi) is 4.84. The van der Waals surface area contributed by atoms with E-state index < -0.39 is 16.0 Å². The Bertz CT molecular complexity index is 841. The van der Waals surface area contributed by atoms with Gasteiger partial charge in [0.2, 0.25) is 10.0 Å². The standard InChI is InChI=1S/C15H17ClN2O4S/c1-3-13(16)14-8-12(15(19)20)9(2)18(14)10-4-6-11(7-5-10)23(17,21)22/h4-8,13H,3H2,1-2H3,(H,19,20)(H2,17,21,22). The van der Waals surface area contributed by atoms with Crippen molar-refractivity contribution >= 4 is 27.6 Å². The molecule has 0 radical (unpaired) electrons. The lowest BCUT2D eigenvalue weighted by Gasteiger charge is -2.15. The van der Waals surface area contributed by atoms with Crippen LogP contribution in [0.25, 0.3) is 5.69 Å². The molecule has 0 spiro atoms. The van der Waals surface area contributed by atoms with Crippen molar-refractivity contribution < 1.29 is 18.3 Å². The van der Waals surface area contributed by atoms with E-state index in [1.807, 2.05) is 6.92 Å². The molecule has 0 fully saturated rings. The second-order valence-corrected chi connectivity index (χ2v) is 7.21. The van der Waals surface area contributed by atoms with Crippen LogP contribution in [0.15, 0.2) is 35.2 Å². The molecule has 1 unspecified atom stereocenters. The first-order chi connectivity index (χ1) is 10.7. The Hall–Kier alpha value is -1.83. The molecule has 0 bridgehead atoms. The van der Waals surface area contributed by atoms with Crippen LogP contribution in [0, 0.1) is 6.92 Å². The van der Waals surface area contributed by atoms with Gasteiger partial charge in [-0.2, -0.15) is 0 Å². The van der Waals surface area contributed by atoms with Gasteiger partial charge in [0.25, 0.3) is 0 Å². The number of carboxylic acids is 1. The summed E-state index contributed by atoms with van der Waals surface area (Å²) < 4.78 is 24.4. The Balaban J connectivity index is 2.64. The minimum atomic E-state index is -3.78. The molecule has 3 N–H and O–H groups in total. The number of aromatic carboxylic acids is 1. The maximum Gasteiger partial charge on any atom is 0.337 e. The third kappa shape index (κ3) is 3.41. The molecular weight excluding hydrogens is 340 g/mol. The summed E-state index contributed by atoms with van der Waals surface area (Å²) in [5.41, 5.74) is 1.95. The van der Waals surface area contributed by atoms with Crippen molar-refractivity contribution in [3.63, 3.8) is 0 Å². The van der Waals surface area contributed by atoms with Crippen LogP contribution in [-0.4, -0.2) is 24.1 Å². The lowest BCUT2D eigenvalue weighted by molar-refractivity contribution is 0.0696. The van der Waals surface area contributed by atoms with Crippen LogP contribution in [-0.2, 0) is 10.0 Å². The molecule has 0 aliphatic rings. The first-order valence-electron chi connectivity index (χ1n) is 6.89. The van der Waals surface area contributed by atoms with E-state index in [-0.39, 0.29) is 15.8 Å². The number of carboxylic acid groups (broad SMARTS) is 1. The number of sulfonamides is 1. The second-order valence-electron chi connectivity index (χ2n) is 5.12. The molecule has 2 aromatic rings. The summed E-state index contributed by atoms with van der Waals surface area (Å²) in [6, 6.07) is 7.45. The van der Waals surface area contributed by atoms with Crippen LogP contribution in [0.4, 0.5) is 0 Å². The van der Waals surface area contributed by atoms with Crippen molar-refractivity contribution in [2.24, 2.45) is 5.14 Å². The molecular formula is C15H17ClN2O4S. The van der Waals surface area contributed by atoms with Crippen molar-refractivity contribution in [3.05, 3.63) is 47.3 Å². The average molecular weight is 357 g/mol. The molecule has 0 aliphatic carbocycles. The van der Waals surface area contributed by atoms with Crippen LogP contribution in [0.1, 0.15) is 40.5 Å². The number of aromatic nitrogens is 1. The fourth-order valence-electron chi connectivity index (χ4n) is 2.41. The molecule has 1 aromatic carbocycles. The van der Waals surface area contributed by atoms with Crippen LogP contribution in [0.3, 0.4) is 0 Å². The summed E-state index contributed by atoms with van der Waals surface area (Å²) in [4.78, 5) is 11.4. The summed E-state index contributed by atoms with van der Waals surface area (Å²) >= 11 is 6.31. The monoisotopic (exact) mass is 356 g/mol. The van der Waals surface area contributed by atoms with Gasteiger partial charge in [0.05, 0.1) is 15.8 Å². The van der Waals surface area contributed by atoms with Gasteiger partial charge in [-0.25, -0.2) is 18.4 Å². The summed E-state index contributed by atoms with van der Waals surface area (Å²) in [7, 11) is -3.78. The van der Waals surface area contributed by atoms with E-state index >= 15 is 0 Å². The van der Waals surface area contributed by atoms with E-state index in [0.29, 0.717) is 23.5 Å². The number of halogens is 1. The molecule has 0 amide bonds. The maximum atomic E-state index is 11.4. The smallest absolute Gasteiger partial charge is 0.337 e. The van der Waals surface area contributed by atoms with Gasteiger partial charge in [-0.3, -0.25) is 0 Å². The van der Waals surface area contributed by atoms with Crippen molar-refractivity contribution in [1.29, 1.82) is 0 Å². The predicted molar refractivity (Wildman–Crippen MR) is 87.7 cm³/mol. The van der Waals surface area contributed by atoms with E-state index in [2.05, 4.69) is 0 Å². The van der Waals surface area contributed by atoms with Crippen LogP contribution < -0.4 is 5.14 Å². The highest BCUT2D eigenvalue weighted by Gasteiger charge is 2.22. The van der Waals surface area contributed by atoms with E-state index in [4.69, 9.17) is 16.7 Å². The average Bonchev–Trinajstić information content (AvgIpc) is 2.83. The fourth-order valence-corrected chi connectivity index (χ4v) is 3.09. The minimum absolute atomic E-state index is 0.0102. The Morgan fingerprint density at radius 1 is 1.35 bits per heavy atom. The molecule has 23 heavy (non-hydrogen) atoms. The first kappa shape index (κ1) is 17.5.